The molecule has 34 heavy (non-hydrogen) atoms. The predicted octanol–water partition coefficient (Wildman–Crippen LogP) is 5.80. The van der Waals surface area contributed by atoms with Crippen molar-refractivity contribution in [2.24, 2.45) is 0 Å². The Morgan fingerprint density at radius 2 is 1.85 bits per heavy atom. The summed E-state index contributed by atoms with van der Waals surface area (Å²) >= 11 is 5.22. The quantitative estimate of drug-likeness (QED) is 0.279. The number of hydrogen-bond donors (Lipinski definition) is 0. The van der Waals surface area contributed by atoms with Crippen LogP contribution in [-0.2, 0) is 25.3 Å². The van der Waals surface area contributed by atoms with Crippen LogP contribution in [0.3, 0.4) is 0 Å². The van der Waals surface area contributed by atoms with Gasteiger partial charge < -0.3 is 0 Å². The first-order valence-corrected chi connectivity index (χ1v) is 13.8. The molecule has 0 aliphatic carbocycles. The molecular weight excluding hydrogens is 481 g/mol. The Labute approximate surface area is 208 Å². The molecule has 9 heteroatoms. The second-order valence-electron chi connectivity index (χ2n) is 8.41. The number of fused-ring (bicyclic) bond motifs is 6. The SMILES string of the molecule is c1ccc(CN2CCc3c(sc4ncn5nc(CSc6nc7ccccc7s6)nc5c34)C2)cc1. The summed E-state index contributed by atoms with van der Waals surface area (Å²) < 4.78 is 4.11. The van der Waals surface area contributed by atoms with Crippen LogP contribution in [0.2, 0.25) is 0 Å². The van der Waals surface area contributed by atoms with Crippen LogP contribution in [0.15, 0.2) is 65.3 Å². The van der Waals surface area contributed by atoms with Gasteiger partial charge in [0.2, 0.25) is 0 Å². The smallest absolute Gasteiger partial charge is 0.167 e. The van der Waals surface area contributed by atoms with Crippen molar-refractivity contribution in [1.82, 2.24) is 29.5 Å². The van der Waals surface area contributed by atoms with Crippen LogP contribution in [0.1, 0.15) is 21.8 Å². The van der Waals surface area contributed by atoms with E-state index in [1.807, 2.05) is 10.6 Å². The highest BCUT2D eigenvalue weighted by Crippen LogP contribution is 2.37. The lowest BCUT2D eigenvalue weighted by Gasteiger charge is -2.26. The van der Waals surface area contributed by atoms with Gasteiger partial charge >= 0.3 is 0 Å². The van der Waals surface area contributed by atoms with E-state index in [4.69, 9.17) is 20.1 Å². The van der Waals surface area contributed by atoms with Gasteiger partial charge in [-0.2, -0.15) is 0 Å². The molecule has 2 aromatic carbocycles. The number of thioether (sulfide) groups is 1. The van der Waals surface area contributed by atoms with Gasteiger partial charge in [0.15, 0.2) is 15.8 Å². The third-order valence-electron chi connectivity index (χ3n) is 6.15. The lowest BCUT2D eigenvalue weighted by molar-refractivity contribution is 0.249. The molecule has 7 rings (SSSR count). The third-order valence-corrected chi connectivity index (χ3v) is 9.45. The molecule has 0 unspecified atom stereocenters. The first-order chi connectivity index (χ1) is 16.8. The molecule has 5 heterocycles. The van der Waals surface area contributed by atoms with Gasteiger partial charge in [0.1, 0.15) is 11.2 Å². The van der Waals surface area contributed by atoms with Crippen molar-refractivity contribution in [1.29, 1.82) is 0 Å². The number of para-hydroxylation sites is 1. The largest absolute Gasteiger partial charge is 0.294 e. The Hall–Kier alpha value is -2.85. The number of aromatic nitrogens is 5. The van der Waals surface area contributed by atoms with Crippen LogP contribution in [-0.4, -0.2) is 36.0 Å². The minimum Gasteiger partial charge on any atom is -0.294 e. The maximum atomic E-state index is 4.94. The van der Waals surface area contributed by atoms with Gasteiger partial charge in [0.25, 0.3) is 0 Å². The number of thiazole rings is 1. The second-order valence-corrected chi connectivity index (χ2v) is 11.7. The van der Waals surface area contributed by atoms with Crippen molar-refractivity contribution in [3.05, 3.63) is 82.8 Å². The molecule has 4 aromatic heterocycles. The van der Waals surface area contributed by atoms with Crippen LogP contribution in [0.25, 0.3) is 26.1 Å². The fraction of sp³-hybridized carbons (Fsp3) is 0.200. The van der Waals surface area contributed by atoms with Crippen LogP contribution in [0.4, 0.5) is 0 Å². The van der Waals surface area contributed by atoms with Crippen LogP contribution < -0.4 is 0 Å². The van der Waals surface area contributed by atoms with Crippen LogP contribution in [0, 0.1) is 0 Å². The van der Waals surface area contributed by atoms with Crippen LogP contribution >= 0.6 is 34.4 Å². The number of thiophene rings is 1. The molecule has 1 aliphatic rings. The molecule has 0 saturated heterocycles. The number of hydrogen-bond acceptors (Lipinski definition) is 8. The van der Waals surface area contributed by atoms with E-state index in [-0.39, 0.29) is 0 Å². The minimum absolute atomic E-state index is 0.695. The zero-order valence-electron chi connectivity index (χ0n) is 18.2. The second kappa shape index (κ2) is 8.42. The molecule has 168 valence electrons. The average molecular weight is 501 g/mol. The number of benzene rings is 2. The minimum atomic E-state index is 0.695. The molecule has 6 aromatic rings. The first kappa shape index (κ1) is 20.5. The summed E-state index contributed by atoms with van der Waals surface area (Å²) in [4.78, 5) is 19.4. The van der Waals surface area contributed by atoms with Crippen molar-refractivity contribution < 1.29 is 0 Å². The Morgan fingerprint density at radius 3 is 2.76 bits per heavy atom. The van der Waals surface area contributed by atoms with Crippen molar-refractivity contribution in [2.45, 2.75) is 29.6 Å². The summed E-state index contributed by atoms with van der Waals surface area (Å²) in [5.41, 5.74) is 4.74. The summed E-state index contributed by atoms with van der Waals surface area (Å²) in [5.74, 6) is 1.51. The van der Waals surface area contributed by atoms with E-state index in [2.05, 4.69) is 53.4 Å². The normalized spacial score (nSPS) is 14.4. The molecule has 0 atom stereocenters. The van der Waals surface area contributed by atoms with Crippen molar-refractivity contribution >= 4 is 60.5 Å². The van der Waals surface area contributed by atoms with E-state index >= 15 is 0 Å². The third kappa shape index (κ3) is 3.69. The molecule has 6 nitrogen and oxygen atoms in total. The predicted molar refractivity (Wildman–Crippen MR) is 140 cm³/mol. The number of rotatable bonds is 5. The fourth-order valence-corrected chi connectivity index (χ4v) is 7.71. The highest BCUT2D eigenvalue weighted by molar-refractivity contribution is 8.00. The molecule has 0 fully saturated rings. The first-order valence-electron chi connectivity index (χ1n) is 11.2. The number of nitrogens with zero attached hydrogens (tertiary/aromatic N) is 6. The fourth-order valence-electron chi connectivity index (χ4n) is 4.57. The average Bonchev–Trinajstić information content (AvgIpc) is 3.56. The molecule has 0 saturated carbocycles. The molecule has 0 N–H and O–H groups in total. The summed E-state index contributed by atoms with van der Waals surface area (Å²) in [6.45, 7) is 2.99. The van der Waals surface area contributed by atoms with E-state index in [9.17, 15) is 0 Å². The lowest BCUT2D eigenvalue weighted by atomic mass is 10.0. The zero-order valence-corrected chi connectivity index (χ0v) is 20.7. The molecule has 1 aliphatic heterocycles. The maximum Gasteiger partial charge on any atom is 0.167 e. The standard InChI is InChI=1S/C25H20N6S3/c1-2-6-16(7-3-1)12-30-11-10-17-20(13-30)33-24-22(17)23-28-21(29-31(23)15-26-24)14-32-25-27-18-8-4-5-9-19(18)34-25/h1-9,15H,10-14H2. The summed E-state index contributed by atoms with van der Waals surface area (Å²) in [6, 6.07) is 19.0. The summed E-state index contributed by atoms with van der Waals surface area (Å²) in [5, 5.41) is 5.91. The maximum absolute atomic E-state index is 4.94. The van der Waals surface area contributed by atoms with Crippen LogP contribution in [0.5, 0.6) is 0 Å². The van der Waals surface area contributed by atoms with Gasteiger partial charge in [-0.1, -0.05) is 54.2 Å². The topological polar surface area (TPSA) is 59.2 Å². The molecule has 0 amide bonds. The van der Waals surface area contributed by atoms with Gasteiger partial charge in [-0.05, 0) is 29.7 Å². The van der Waals surface area contributed by atoms with Crippen molar-refractivity contribution in [2.75, 3.05) is 6.54 Å². The Kier molecular flexibility index (Phi) is 5.08. The highest BCUT2D eigenvalue weighted by atomic mass is 32.2. The summed E-state index contributed by atoms with van der Waals surface area (Å²) in [7, 11) is 0. The Morgan fingerprint density at radius 1 is 0.971 bits per heavy atom. The van der Waals surface area contributed by atoms with Gasteiger partial charge in [0, 0.05) is 24.5 Å². The van der Waals surface area contributed by atoms with E-state index in [0.717, 1.165) is 52.2 Å². The van der Waals surface area contributed by atoms with E-state index in [0.29, 0.717) is 5.75 Å². The van der Waals surface area contributed by atoms with E-state index < -0.39 is 0 Å². The lowest BCUT2D eigenvalue weighted by Crippen LogP contribution is -2.29. The summed E-state index contributed by atoms with van der Waals surface area (Å²) in [6.07, 6.45) is 2.83. The van der Waals surface area contributed by atoms with Gasteiger partial charge in [-0.25, -0.2) is 19.5 Å². The van der Waals surface area contributed by atoms with Gasteiger partial charge in [-0.3, -0.25) is 4.90 Å². The Balaban J connectivity index is 1.16. The van der Waals surface area contributed by atoms with Gasteiger partial charge in [0.05, 0.1) is 21.4 Å². The monoisotopic (exact) mass is 500 g/mol. The molecule has 0 radical (unpaired) electrons. The Bertz CT molecular complexity index is 1600. The molecular formula is C25H20N6S3. The highest BCUT2D eigenvalue weighted by Gasteiger charge is 2.24. The van der Waals surface area contributed by atoms with Gasteiger partial charge in [-0.15, -0.1) is 27.8 Å². The van der Waals surface area contributed by atoms with E-state index in [1.165, 1.54) is 26.1 Å². The van der Waals surface area contributed by atoms with Crippen molar-refractivity contribution in [3.8, 4) is 0 Å². The van der Waals surface area contributed by atoms with Crippen molar-refractivity contribution in [3.63, 3.8) is 0 Å². The molecule has 0 spiro atoms. The van der Waals surface area contributed by atoms with E-state index in [1.54, 1.807) is 40.8 Å². The zero-order chi connectivity index (χ0) is 22.5. The molecule has 0 bridgehead atoms.